The Kier molecular flexibility index (Phi) is 14.8. The van der Waals surface area contributed by atoms with E-state index in [9.17, 15) is 43.6 Å². The molecule has 16 heteroatoms. The van der Waals surface area contributed by atoms with Gasteiger partial charge in [0.15, 0.2) is 0 Å². The second-order valence-electron chi connectivity index (χ2n) is 15.7. The number of nitrogens with zero attached hydrogens (tertiary/aromatic N) is 1. The number of nitrogens with two attached hydrogens (primary N) is 1. The molecule has 1 fully saturated rings. The van der Waals surface area contributed by atoms with Gasteiger partial charge in [-0.1, -0.05) is 97.1 Å². The van der Waals surface area contributed by atoms with E-state index in [2.05, 4.69) is 21.3 Å². The Morgan fingerprint density at radius 3 is 2.26 bits per heavy atom. The van der Waals surface area contributed by atoms with E-state index in [-0.39, 0.29) is 56.3 Å². The van der Waals surface area contributed by atoms with Gasteiger partial charge in [-0.2, -0.15) is 0 Å². The Morgan fingerprint density at radius 1 is 0.839 bits per heavy atom. The van der Waals surface area contributed by atoms with Gasteiger partial charge >= 0.3 is 7.12 Å². The Hall–Kier alpha value is -6.91. The van der Waals surface area contributed by atoms with E-state index < -0.39 is 60.1 Å². The van der Waals surface area contributed by atoms with Crippen LogP contribution in [0.1, 0.15) is 51.9 Å². The van der Waals surface area contributed by atoms with E-state index in [0.717, 1.165) is 17.7 Å². The molecule has 0 spiro atoms. The van der Waals surface area contributed by atoms with Gasteiger partial charge in [0.25, 0.3) is 0 Å². The van der Waals surface area contributed by atoms with Crippen molar-refractivity contribution in [3.8, 4) is 11.1 Å². The van der Waals surface area contributed by atoms with Crippen molar-refractivity contribution in [3.63, 3.8) is 0 Å². The minimum atomic E-state index is -1.85. The van der Waals surface area contributed by atoms with Gasteiger partial charge in [0.05, 0.1) is 11.8 Å². The number of fused-ring (bicyclic) bond motifs is 3. The van der Waals surface area contributed by atoms with Crippen LogP contribution in [0.15, 0.2) is 109 Å². The van der Waals surface area contributed by atoms with E-state index in [1.165, 1.54) is 17.0 Å². The topological polar surface area (TPSA) is 237 Å². The lowest BCUT2D eigenvalue weighted by molar-refractivity contribution is -0.141. The van der Waals surface area contributed by atoms with Gasteiger partial charge < -0.3 is 41.9 Å². The average Bonchev–Trinajstić information content (AvgIpc) is 3.27. The summed E-state index contributed by atoms with van der Waals surface area (Å²) >= 11 is 0. The zero-order valence-electron chi connectivity index (χ0n) is 34.0. The zero-order valence-corrected chi connectivity index (χ0v) is 34.0. The Morgan fingerprint density at radius 2 is 1.55 bits per heavy atom. The van der Waals surface area contributed by atoms with Crippen LogP contribution in [0.25, 0.3) is 11.1 Å². The van der Waals surface area contributed by atoms with E-state index in [4.69, 9.17) is 5.73 Å². The molecule has 2 heterocycles. The third-order valence-electron chi connectivity index (χ3n) is 11.3. The van der Waals surface area contributed by atoms with E-state index in [1.54, 1.807) is 54.6 Å². The summed E-state index contributed by atoms with van der Waals surface area (Å²) in [5.41, 5.74) is 8.70. The van der Waals surface area contributed by atoms with Crippen molar-refractivity contribution in [1.82, 2.24) is 26.2 Å². The Labute approximate surface area is 359 Å². The molecule has 0 aromatic heterocycles. The molecular weight excluding hydrogens is 791 g/mol. The number of aldehydes is 1. The number of piperidine rings is 1. The minimum Gasteiger partial charge on any atom is -0.423 e. The van der Waals surface area contributed by atoms with Gasteiger partial charge in [-0.25, -0.2) is 0 Å². The summed E-state index contributed by atoms with van der Waals surface area (Å²) in [6.07, 6.45) is 3.83. The molecule has 8 N–H and O–H groups in total. The largest absolute Gasteiger partial charge is 0.489 e. The van der Waals surface area contributed by atoms with E-state index in [0.29, 0.717) is 53.5 Å². The monoisotopic (exact) mass is 840 g/mol. The molecule has 62 heavy (non-hydrogen) atoms. The number of hydrogen-bond acceptors (Lipinski definition) is 9. The number of hydrogen-bond donors (Lipinski definition) is 7. The fraction of sp³-hybridized carbons (Fsp3) is 0.283. The van der Waals surface area contributed by atoms with Gasteiger partial charge in [-0.15, -0.1) is 0 Å². The van der Waals surface area contributed by atoms with Crippen LogP contribution in [0.5, 0.6) is 0 Å². The van der Waals surface area contributed by atoms with Crippen molar-refractivity contribution in [2.75, 3.05) is 19.6 Å². The molecule has 0 aliphatic carbocycles. The molecule has 6 rings (SSSR count). The zero-order chi connectivity index (χ0) is 44.2. The average molecular weight is 841 g/mol. The third kappa shape index (κ3) is 11.5. The summed E-state index contributed by atoms with van der Waals surface area (Å²) in [7, 11) is -1.85. The first-order chi connectivity index (χ1) is 29.8. The van der Waals surface area contributed by atoms with Crippen LogP contribution < -0.4 is 32.5 Å². The maximum atomic E-state index is 14.8. The summed E-state index contributed by atoms with van der Waals surface area (Å²) in [5, 5.41) is 30.9. The van der Waals surface area contributed by atoms with Crippen molar-refractivity contribution in [1.29, 1.82) is 0 Å². The van der Waals surface area contributed by atoms with Crippen molar-refractivity contribution in [3.05, 3.63) is 137 Å². The molecule has 2 aliphatic heterocycles. The molecule has 4 aromatic carbocycles. The second kappa shape index (κ2) is 20.6. The number of benzene rings is 4. The highest BCUT2D eigenvalue weighted by molar-refractivity contribution is 6.60. The molecule has 0 saturated carbocycles. The molecule has 0 unspecified atom stereocenters. The summed E-state index contributed by atoms with van der Waals surface area (Å²) in [6, 6.07) is 26.0. The lowest BCUT2D eigenvalue weighted by atomic mass is 9.74. The maximum Gasteiger partial charge on any atom is 0.489 e. The molecule has 1 saturated heterocycles. The number of carbonyl (C=O) groups is 7. The first-order valence-electron chi connectivity index (χ1n) is 20.4. The van der Waals surface area contributed by atoms with Crippen LogP contribution in [0.4, 0.5) is 0 Å². The summed E-state index contributed by atoms with van der Waals surface area (Å²) in [6.45, 7) is 0.331. The van der Waals surface area contributed by atoms with Crippen LogP contribution in [0, 0.1) is 5.41 Å². The highest BCUT2D eigenvalue weighted by Crippen LogP contribution is 2.35. The smallest absolute Gasteiger partial charge is 0.423 e. The maximum absolute atomic E-state index is 14.8. The number of primary amides is 1. The first-order valence-corrected chi connectivity index (χ1v) is 20.4. The quantitative estimate of drug-likeness (QED) is 0.0972. The molecule has 4 aromatic rings. The first kappa shape index (κ1) is 44.6. The van der Waals surface area contributed by atoms with Crippen LogP contribution in [-0.2, 0) is 54.6 Å². The van der Waals surface area contributed by atoms with Crippen molar-refractivity contribution >= 4 is 54.3 Å². The molecule has 2 aliphatic rings. The van der Waals surface area contributed by atoms with Crippen LogP contribution >= 0.6 is 0 Å². The molecule has 15 nitrogen and oxygen atoms in total. The van der Waals surface area contributed by atoms with Gasteiger partial charge in [0, 0.05) is 50.3 Å². The number of amides is 6. The van der Waals surface area contributed by atoms with Crippen LogP contribution in [-0.4, -0.2) is 95.5 Å². The van der Waals surface area contributed by atoms with Crippen molar-refractivity contribution in [2.45, 2.75) is 57.2 Å². The summed E-state index contributed by atoms with van der Waals surface area (Å²) < 4.78 is 0. The normalized spacial score (nSPS) is 21.1. The molecule has 0 radical (unpaired) electrons. The second-order valence-corrected chi connectivity index (χ2v) is 15.7. The minimum absolute atomic E-state index is 0.00152. The number of carbonyl (C=O) groups excluding carboxylic acids is 7. The molecule has 6 amide bonds. The number of nitrogens with one attached hydrogen (secondary N) is 4. The lowest BCUT2D eigenvalue weighted by Crippen LogP contribution is -2.58. The van der Waals surface area contributed by atoms with Crippen LogP contribution in [0.2, 0.25) is 0 Å². The molecule has 2 bridgehead atoms. The molecular formula is C46H49BN6O9. The molecule has 3 atom stereocenters. The summed E-state index contributed by atoms with van der Waals surface area (Å²) in [5.74, 6) is -3.30. The fourth-order valence-corrected chi connectivity index (χ4v) is 7.95. The number of rotatable bonds is 8. The predicted octanol–water partition coefficient (Wildman–Crippen LogP) is 0.630. The lowest BCUT2D eigenvalue weighted by Gasteiger charge is -2.42. The standard InChI is InChI=1S/C46H49BN6O9/c48-43(58)38-19-21-49-40(55)17-18-42(57)53-22-6-20-46(29-53,26-31-7-2-1-3-8-31)45(60)52-39(44(59)50-27-35-10-5-4-9-33(35)25-41(56)51-38)23-30-11-13-32(14-12-30)34-15-16-36(28-54)37(24-34)47(61)62/h1-5,7-18,24,28,38-39,61-62H,6,19-23,25-27,29H2,(H2,48,58)(H,49,55)(H,50,59)(H,51,56)(H,52,60)/b18-17+/t38-,39-,46-/m0/s1. The van der Waals surface area contributed by atoms with Gasteiger partial charge in [0.2, 0.25) is 35.4 Å². The molecule has 320 valence electrons. The highest BCUT2D eigenvalue weighted by atomic mass is 16.4. The van der Waals surface area contributed by atoms with Gasteiger partial charge in [0.1, 0.15) is 18.4 Å². The van der Waals surface area contributed by atoms with Gasteiger partial charge in [-0.05, 0) is 64.5 Å². The Bertz CT molecular complexity index is 2340. The van der Waals surface area contributed by atoms with Crippen molar-refractivity contribution < 1.29 is 43.6 Å². The van der Waals surface area contributed by atoms with E-state index in [1.807, 2.05) is 30.3 Å². The van der Waals surface area contributed by atoms with Crippen LogP contribution in [0.3, 0.4) is 0 Å². The predicted molar refractivity (Wildman–Crippen MR) is 231 cm³/mol. The van der Waals surface area contributed by atoms with E-state index >= 15 is 0 Å². The van der Waals surface area contributed by atoms with Crippen molar-refractivity contribution in [2.24, 2.45) is 11.1 Å². The summed E-state index contributed by atoms with van der Waals surface area (Å²) in [4.78, 5) is 93.9. The SMILES string of the molecule is NC(=O)[C@@H]1CCNC(=O)/C=C/C(=O)N2CCC[C@](Cc3ccccc3)(C2)C(=O)N[C@@H](Cc2ccc(-c3ccc(C=O)c(B(O)O)c3)cc2)C(=O)NCc2ccccc2CC(=O)N1. The fourth-order valence-electron chi connectivity index (χ4n) is 7.95. The highest BCUT2D eigenvalue weighted by Gasteiger charge is 2.44. The third-order valence-corrected chi connectivity index (χ3v) is 11.3. The Balaban J connectivity index is 1.34. The van der Waals surface area contributed by atoms with Gasteiger partial charge in [-0.3, -0.25) is 33.6 Å².